The number of unbranched alkanes of at least 4 members (excludes halogenated alkanes) is 1. The Balaban J connectivity index is 1.83. The van der Waals surface area contributed by atoms with Crippen molar-refractivity contribution < 1.29 is 9.72 Å². The summed E-state index contributed by atoms with van der Waals surface area (Å²) >= 11 is 0. The van der Waals surface area contributed by atoms with Crippen LogP contribution >= 0.6 is 0 Å². The van der Waals surface area contributed by atoms with Gasteiger partial charge in [-0.25, -0.2) is 0 Å². The number of non-ortho nitro benzene ring substituents is 1. The molecule has 0 saturated carbocycles. The number of aryl methyl sites for hydroxylation is 2. The van der Waals surface area contributed by atoms with E-state index in [2.05, 4.69) is 6.92 Å². The fourth-order valence-corrected chi connectivity index (χ4v) is 4.28. The van der Waals surface area contributed by atoms with Crippen molar-refractivity contribution in [3.8, 4) is 0 Å². The number of hydrogen-bond acceptors (Lipinski definition) is 3. The number of aromatic nitrogens is 1. The molecule has 2 heterocycles. The first-order chi connectivity index (χ1) is 14.1. The molecule has 150 valence electrons. The molecule has 0 unspecified atom stereocenters. The van der Waals surface area contributed by atoms with Crippen LogP contribution in [0.3, 0.4) is 0 Å². The van der Waals surface area contributed by atoms with E-state index in [-0.39, 0.29) is 16.5 Å². The topological polar surface area (TPSA) is 68.4 Å². The molecule has 1 amide bonds. The number of rotatable bonds is 7. The van der Waals surface area contributed by atoms with Crippen LogP contribution in [-0.2, 0) is 19.4 Å². The zero-order chi connectivity index (χ0) is 20.4. The van der Waals surface area contributed by atoms with Gasteiger partial charge < -0.3 is 9.47 Å². The van der Waals surface area contributed by atoms with Crippen molar-refractivity contribution in [2.24, 2.45) is 0 Å². The van der Waals surface area contributed by atoms with Crippen LogP contribution in [-0.4, -0.2) is 33.4 Å². The van der Waals surface area contributed by atoms with Gasteiger partial charge in [-0.05, 0) is 30.4 Å². The minimum atomic E-state index is -0.341. The van der Waals surface area contributed by atoms with E-state index in [0.29, 0.717) is 30.7 Å². The lowest BCUT2D eigenvalue weighted by Crippen LogP contribution is -2.39. The molecule has 0 saturated heterocycles. The predicted molar refractivity (Wildman–Crippen MR) is 113 cm³/mol. The number of hydrogen-bond donors (Lipinski definition) is 0. The second-order valence-electron chi connectivity index (χ2n) is 7.54. The highest BCUT2D eigenvalue weighted by atomic mass is 16.6. The van der Waals surface area contributed by atoms with Gasteiger partial charge in [0.15, 0.2) is 0 Å². The molecule has 1 aliphatic heterocycles. The second kappa shape index (κ2) is 8.07. The summed E-state index contributed by atoms with van der Waals surface area (Å²) in [6.45, 7) is 4.05. The van der Waals surface area contributed by atoms with Gasteiger partial charge in [0.05, 0.1) is 4.92 Å². The molecule has 2 aromatic carbocycles. The molecule has 0 atom stereocenters. The van der Waals surface area contributed by atoms with E-state index < -0.39 is 0 Å². The summed E-state index contributed by atoms with van der Waals surface area (Å²) in [5, 5.41) is 12.6. The molecule has 1 aliphatic rings. The van der Waals surface area contributed by atoms with Gasteiger partial charge in [-0.3, -0.25) is 14.9 Å². The van der Waals surface area contributed by atoms with Gasteiger partial charge >= 0.3 is 0 Å². The van der Waals surface area contributed by atoms with E-state index >= 15 is 0 Å². The third-order valence-corrected chi connectivity index (χ3v) is 5.73. The van der Waals surface area contributed by atoms with E-state index in [1.165, 1.54) is 6.07 Å². The van der Waals surface area contributed by atoms with Gasteiger partial charge in [-0.2, -0.15) is 0 Å². The molecule has 29 heavy (non-hydrogen) atoms. The highest BCUT2D eigenvalue weighted by Gasteiger charge is 2.33. The normalized spacial score (nSPS) is 13.7. The average Bonchev–Trinajstić information content (AvgIpc) is 3.07. The molecule has 1 aromatic heterocycles. The van der Waals surface area contributed by atoms with Gasteiger partial charge in [0, 0.05) is 31.1 Å². The minimum Gasteiger partial charge on any atom is -0.337 e. The lowest BCUT2D eigenvalue weighted by molar-refractivity contribution is -0.383. The zero-order valence-corrected chi connectivity index (χ0v) is 16.6. The SMILES string of the molecule is CCCCN1CCc2c(n(CCc3ccccc3)c3c([N+](=O)[O-])cccc23)C1=O. The van der Waals surface area contributed by atoms with E-state index in [1.807, 2.05) is 45.9 Å². The number of nitrogens with zero attached hydrogens (tertiary/aromatic N) is 3. The summed E-state index contributed by atoms with van der Waals surface area (Å²) in [6.07, 6.45) is 3.44. The third kappa shape index (κ3) is 3.50. The van der Waals surface area contributed by atoms with Crippen LogP contribution in [0.15, 0.2) is 48.5 Å². The van der Waals surface area contributed by atoms with Gasteiger partial charge in [-0.1, -0.05) is 55.8 Å². The maximum absolute atomic E-state index is 13.3. The predicted octanol–water partition coefficient (Wildman–Crippen LogP) is 4.59. The van der Waals surface area contributed by atoms with Crippen LogP contribution in [0.4, 0.5) is 5.69 Å². The Kier molecular flexibility index (Phi) is 5.34. The van der Waals surface area contributed by atoms with E-state index in [9.17, 15) is 14.9 Å². The second-order valence-corrected chi connectivity index (χ2v) is 7.54. The fourth-order valence-electron chi connectivity index (χ4n) is 4.28. The number of carbonyl (C=O) groups is 1. The number of fused-ring (bicyclic) bond motifs is 3. The third-order valence-electron chi connectivity index (χ3n) is 5.73. The Hall–Kier alpha value is -3.15. The molecule has 0 fully saturated rings. The van der Waals surface area contributed by atoms with Gasteiger partial charge in [0.25, 0.3) is 11.6 Å². The van der Waals surface area contributed by atoms with Crippen molar-refractivity contribution in [1.82, 2.24) is 9.47 Å². The monoisotopic (exact) mass is 391 g/mol. The molecule has 6 heteroatoms. The summed E-state index contributed by atoms with van der Waals surface area (Å²) < 4.78 is 1.90. The quantitative estimate of drug-likeness (QED) is 0.437. The van der Waals surface area contributed by atoms with Gasteiger partial charge in [-0.15, -0.1) is 0 Å². The molecule has 6 nitrogen and oxygen atoms in total. The Morgan fingerprint density at radius 2 is 1.86 bits per heavy atom. The molecular weight excluding hydrogens is 366 g/mol. The highest BCUT2D eigenvalue weighted by molar-refractivity contribution is 6.05. The maximum Gasteiger partial charge on any atom is 0.293 e. The molecule has 0 spiro atoms. The first-order valence-electron chi connectivity index (χ1n) is 10.2. The van der Waals surface area contributed by atoms with Crippen LogP contribution < -0.4 is 0 Å². The molecule has 4 rings (SSSR count). The van der Waals surface area contributed by atoms with Crippen molar-refractivity contribution in [1.29, 1.82) is 0 Å². The first-order valence-corrected chi connectivity index (χ1v) is 10.2. The molecule has 0 N–H and O–H groups in total. The van der Waals surface area contributed by atoms with Crippen molar-refractivity contribution in [3.05, 3.63) is 75.5 Å². The van der Waals surface area contributed by atoms with Crippen molar-refractivity contribution in [2.75, 3.05) is 13.1 Å². The Morgan fingerprint density at radius 3 is 2.59 bits per heavy atom. The van der Waals surface area contributed by atoms with E-state index in [1.54, 1.807) is 6.07 Å². The lowest BCUT2D eigenvalue weighted by atomic mass is 10.0. The summed E-state index contributed by atoms with van der Waals surface area (Å²) in [7, 11) is 0. The standard InChI is InChI=1S/C23H25N3O3/c1-2-3-14-24-15-13-19-18-10-7-11-20(26(28)29)21(18)25(22(19)23(24)27)16-12-17-8-5-4-6-9-17/h4-11H,2-3,12-16H2,1H3. The van der Waals surface area contributed by atoms with Crippen LogP contribution in [0.5, 0.6) is 0 Å². The van der Waals surface area contributed by atoms with Gasteiger partial charge in [0.2, 0.25) is 0 Å². The number of nitro benzene ring substituents is 1. The van der Waals surface area contributed by atoms with Crippen molar-refractivity contribution >= 4 is 22.5 Å². The van der Waals surface area contributed by atoms with Gasteiger partial charge in [0.1, 0.15) is 11.2 Å². The van der Waals surface area contributed by atoms with Crippen molar-refractivity contribution in [3.63, 3.8) is 0 Å². The Bertz CT molecular complexity index is 1060. The first kappa shape index (κ1) is 19.2. The molecule has 0 aliphatic carbocycles. The number of nitro groups is 1. The van der Waals surface area contributed by atoms with Crippen LogP contribution in [0.2, 0.25) is 0 Å². The van der Waals surface area contributed by atoms with E-state index in [0.717, 1.165) is 42.3 Å². The number of benzene rings is 2. The summed E-state index contributed by atoms with van der Waals surface area (Å²) in [6, 6.07) is 15.2. The summed E-state index contributed by atoms with van der Waals surface area (Å²) in [5.41, 5.74) is 3.37. The molecule has 3 aromatic rings. The molecule has 0 radical (unpaired) electrons. The smallest absolute Gasteiger partial charge is 0.293 e. The van der Waals surface area contributed by atoms with E-state index in [4.69, 9.17) is 0 Å². The number of para-hydroxylation sites is 1. The summed E-state index contributed by atoms with van der Waals surface area (Å²) in [4.78, 5) is 26.6. The zero-order valence-electron chi connectivity index (χ0n) is 16.6. The lowest BCUT2D eigenvalue weighted by Gasteiger charge is -2.28. The molecule has 0 bridgehead atoms. The van der Waals surface area contributed by atoms with Crippen LogP contribution in [0.1, 0.15) is 41.4 Å². The number of amides is 1. The number of carbonyl (C=O) groups excluding carboxylic acids is 1. The van der Waals surface area contributed by atoms with Crippen LogP contribution in [0.25, 0.3) is 10.9 Å². The Morgan fingerprint density at radius 1 is 1.07 bits per heavy atom. The maximum atomic E-state index is 13.3. The average molecular weight is 391 g/mol. The minimum absolute atomic E-state index is 0.00161. The summed E-state index contributed by atoms with van der Waals surface area (Å²) in [5.74, 6) is -0.00161. The molecular formula is C23H25N3O3. The Labute approximate surface area is 169 Å². The fraction of sp³-hybridized carbons (Fsp3) is 0.348. The van der Waals surface area contributed by atoms with Crippen molar-refractivity contribution in [2.45, 2.75) is 39.2 Å². The highest BCUT2D eigenvalue weighted by Crippen LogP contribution is 2.36. The van der Waals surface area contributed by atoms with Crippen LogP contribution in [0, 0.1) is 10.1 Å². The largest absolute Gasteiger partial charge is 0.337 e.